The first-order valence-corrected chi connectivity index (χ1v) is 6.37. The number of aromatic nitrogens is 1. The van der Waals surface area contributed by atoms with Crippen LogP contribution in [0.25, 0.3) is 0 Å². The van der Waals surface area contributed by atoms with Crippen molar-refractivity contribution in [1.29, 1.82) is 5.26 Å². The monoisotopic (exact) mass is 251 g/mol. The van der Waals surface area contributed by atoms with Crippen molar-refractivity contribution in [3.63, 3.8) is 0 Å². The Balaban J connectivity index is 2.04. The van der Waals surface area contributed by atoms with Crippen LogP contribution in [-0.4, -0.2) is 4.98 Å². The van der Waals surface area contributed by atoms with Crippen LogP contribution < -0.4 is 5.32 Å². The van der Waals surface area contributed by atoms with Gasteiger partial charge in [0.1, 0.15) is 6.07 Å². The van der Waals surface area contributed by atoms with Crippen LogP contribution in [0.1, 0.15) is 36.5 Å². The average Bonchev–Trinajstić information content (AvgIpc) is 2.45. The van der Waals surface area contributed by atoms with Crippen molar-refractivity contribution in [2.45, 2.75) is 26.3 Å². The van der Waals surface area contributed by atoms with E-state index in [0.717, 1.165) is 5.69 Å². The largest absolute Gasteiger partial charge is 0.379 e. The zero-order valence-corrected chi connectivity index (χ0v) is 11.2. The van der Waals surface area contributed by atoms with Gasteiger partial charge in [0.15, 0.2) is 0 Å². The maximum atomic E-state index is 9.00. The van der Waals surface area contributed by atoms with Crippen molar-refractivity contribution in [2.75, 3.05) is 5.32 Å². The van der Waals surface area contributed by atoms with Crippen LogP contribution >= 0.6 is 0 Å². The molecule has 0 saturated heterocycles. The molecule has 0 amide bonds. The lowest BCUT2D eigenvalue weighted by molar-refractivity contribution is 0.865. The second-order valence-corrected chi connectivity index (χ2v) is 4.78. The van der Waals surface area contributed by atoms with E-state index in [2.05, 4.69) is 54.5 Å². The summed E-state index contributed by atoms with van der Waals surface area (Å²) < 4.78 is 0. The van der Waals surface area contributed by atoms with Gasteiger partial charge < -0.3 is 5.32 Å². The van der Waals surface area contributed by atoms with Crippen LogP contribution in [0.4, 0.5) is 5.69 Å². The van der Waals surface area contributed by atoms with E-state index in [1.54, 1.807) is 18.5 Å². The molecule has 1 N–H and O–H groups in total. The second kappa shape index (κ2) is 6.01. The number of anilines is 1. The van der Waals surface area contributed by atoms with Gasteiger partial charge >= 0.3 is 0 Å². The molecule has 0 atom stereocenters. The molecule has 0 aliphatic rings. The smallest absolute Gasteiger partial charge is 0.101 e. The number of nitrogens with one attached hydrogen (secondary N) is 1. The highest BCUT2D eigenvalue weighted by molar-refractivity contribution is 5.55. The molecule has 2 aromatic rings. The van der Waals surface area contributed by atoms with E-state index in [4.69, 9.17) is 5.26 Å². The van der Waals surface area contributed by atoms with Gasteiger partial charge in [-0.25, -0.2) is 0 Å². The van der Waals surface area contributed by atoms with Crippen LogP contribution in [0, 0.1) is 11.3 Å². The summed E-state index contributed by atoms with van der Waals surface area (Å²) in [6.45, 7) is 5.06. The van der Waals surface area contributed by atoms with Crippen LogP contribution in [0.5, 0.6) is 0 Å². The number of nitrogens with zero attached hydrogens (tertiary/aromatic N) is 2. The van der Waals surface area contributed by atoms with E-state index in [1.807, 2.05) is 0 Å². The van der Waals surface area contributed by atoms with Gasteiger partial charge in [0, 0.05) is 12.7 Å². The molecule has 19 heavy (non-hydrogen) atoms. The third kappa shape index (κ3) is 3.32. The van der Waals surface area contributed by atoms with Crippen LogP contribution in [0.2, 0.25) is 0 Å². The highest BCUT2D eigenvalue weighted by atomic mass is 14.9. The molecule has 0 saturated carbocycles. The van der Waals surface area contributed by atoms with Crippen molar-refractivity contribution in [1.82, 2.24) is 4.98 Å². The first kappa shape index (κ1) is 13.1. The van der Waals surface area contributed by atoms with Gasteiger partial charge in [0.25, 0.3) is 0 Å². The van der Waals surface area contributed by atoms with E-state index >= 15 is 0 Å². The van der Waals surface area contributed by atoms with Crippen LogP contribution in [0.15, 0.2) is 42.7 Å². The fraction of sp³-hybridized carbons (Fsp3) is 0.250. The molecular formula is C16H17N3. The molecule has 96 valence electrons. The maximum absolute atomic E-state index is 9.00. The predicted octanol–water partition coefficient (Wildman–Crippen LogP) is 3.69. The Labute approximate surface area is 113 Å². The maximum Gasteiger partial charge on any atom is 0.101 e. The number of pyridine rings is 1. The summed E-state index contributed by atoms with van der Waals surface area (Å²) in [4.78, 5) is 4.03. The molecule has 1 heterocycles. The Kier molecular flexibility index (Phi) is 4.15. The first-order valence-electron chi connectivity index (χ1n) is 6.37. The van der Waals surface area contributed by atoms with Crippen molar-refractivity contribution in [3.05, 3.63) is 59.4 Å². The minimum absolute atomic E-state index is 0.547. The Morgan fingerprint density at radius 1 is 1.21 bits per heavy atom. The van der Waals surface area contributed by atoms with Crippen LogP contribution in [0.3, 0.4) is 0 Å². The molecular weight excluding hydrogens is 234 g/mol. The highest BCUT2D eigenvalue weighted by Crippen LogP contribution is 2.16. The topological polar surface area (TPSA) is 48.7 Å². The van der Waals surface area contributed by atoms with Crippen molar-refractivity contribution in [2.24, 2.45) is 0 Å². The lowest BCUT2D eigenvalue weighted by atomic mass is 10.0. The third-order valence-corrected chi connectivity index (χ3v) is 3.07. The molecule has 0 fully saturated rings. The molecule has 1 aromatic carbocycles. The van der Waals surface area contributed by atoms with E-state index in [1.165, 1.54) is 11.1 Å². The molecule has 0 bridgehead atoms. The Bertz CT molecular complexity index is 580. The Morgan fingerprint density at radius 3 is 2.58 bits per heavy atom. The number of rotatable bonds is 4. The summed E-state index contributed by atoms with van der Waals surface area (Å²) in [6, 6.07) is 12.4. The fourth-order valence-corrected chi connectivity index (χ4v) is 1.85. The number of nitriles is 1. The zero-order valence-electron chi connectivity index (χ0n) is 11.2. The Morgan fingerprint density at radius 2 is 1.95 bits per heavy atom. The van der Waals surface area contributed by atoms with Crippen molar-refractivity contribution < 1.29 is 0 Å². The minimum atomic E-state index is 0.547. The molecule has 2 rings (SSSR count). The summed E-state index contributed by atoms with van der Waals surface area (Å²) in [5.74, 6) is 0.547. The second-order valence-electron chi connectivity index (χ2n) is 4.78. The Hall–Kier alpha value is -2.34. The quantitative estimate of drug-likeness (QED) is 0.901. The van der Waals surface area contributed by atoms with E-state index in [0.29, 0.717) is 18.0 Å². The van der Waals surface area contributed by atoms with E-state index < -0.39 is 0 Å². The van der Waals surface area contributed by atoms with Gasteiger partial charge in [-0.15, -0.1) is 0 Å². The summed E-state index contributed by atoms with van der Waals surface area (Å²) in [5.41, 5.74) is 3.92. The van der Waals surface area contributed by atoms with Gasteiger partial charge in [-0.3, -0.25) is 4.98 Å². The summed E-state index contributed by atoms with van der Waals surface area (Å²) in [5, 5.41) is 12.2. The van der Waals surface area contributed by atoms with Crippen LogP contribution in [-0.2, 0) is 6.54 Å². The van der Waals surface area contributed by atoms with E-state index in [-0.39, 0.29) is 0 Å². The summed E-state index contributed by atoms with van der Waals surface area (Å²) in [7, 11) is 0. The number of benzene rings is 1. The fourth-order valence-electron chi connectivity index (χ4n) is 1.85. The van der Waals surface area contributed by atoms with E-state index in [9.17, 15) is 0 Å². The lowest BCUT2D eigenvalue weighted by Crippen LogP contribution is -2.02. The van der Waals surface area contributed by atoms with Gasteiger partial charge in [-0.1, -0.05) is 38.1 Å². The first-order chi connectivity index (χ1) is 9.20. The molecule has 0 radical (unpaired) electrons. The van der Waals surface area contributed by atoms with Crippen molar-refractivity contribution in [3.8, 4) is 6.07 Å². The summed E-state index contributed by atoms with van der Waals surface area (Å²) >= 11 is 0. The molecule has 3 nitrogen and oxygen atoms in total. The highest BCUT2D eigenvalue weighted by Gasteiger charge is 2.02. The van der Waals surface area contributed by atoms with Crippen molar-refractivity contribution >= 4 is 5.69 Å². The summed E-state index contributed by atoms with van der Waals surface area (Å²) in [6.07, 6.45) is 3.31. The lowest BCUT2D eigenvalue weighted by Gasteiger charge is -2.09. The SMILES string of the molecule is CC(C)c1ccc(CNc2cnccc2C#N)cc1. The molecule has 0 unspecified atom stereocenters. The van der Waals surface area contributed by atoms with Gasteiger partial charge in [0.2, 0.25) is 0 Å². The zero-order chi connectivity index (χ0) is 13.7. The standard InChI is InChI=1S/C16H17N3/c1-12(2)14-5-3-13(4-6-14)10-19-16-11-18-8-7-15(16)9-17/h3-8,11-12,19H,10H2,1-2H3. The van der Waals surface area contributed by atoms with Gasteiger partial charge in [-0.05, 0) is 23.1 Å². The average molecular weight is 251 g/mol. The van der Waals surface area contributed by atoms with Gasteiger partial charge in [0.05, 0.1) is 17.4 Å². The molecule has 0 aliphatic carbocycles. The molecule has 0 spiro atoms. The normalized spacial score (nSPS) is 10.2. The third-order valence-electron chi connectivity index (χ3n) is 3.07. The molecule has 3 heteroatoms. The number of hydrogen-bond donors (Lipinski definition) is 1. The number of hydrogen-bond acceptors (Lipinski definition) is 3. The predicted molar refractivity (Wildman–Crippen MR) is 76.8 cm³/mol. The molecule has 0 aliphatic heterocycles. The minimum Gasteiger partial charge on any atom is -0.379 e. The molecule has 1 aromatic heterocycles. The van der Waals surface area contributed by atoms with Gasteiger partial charge in [-0.2, -0.15) is 5.26 Å².